The Labute approximate surface area is 187 Å². The molecule has 1 aromatic heterocycles. The molecule has 0 saturated carbocycles. The minimum absolute atomic E-state index is 0.0719. The summed E-state index contributed by atoms with van der Waals surface area (Å²) >= 11 is 0. The van der Waals surface area contributed by atoms with Crippen LogP contribution >= 0.6 is 0 Å². The molecule has 0 aliphatic rings. The van der Waals surface area contributed by atoms with E-state index in [1.165, 1.54) is 18.2 Å². The third-order valence-corrected chi connectivity index (χ3v) is 6.54. The number of pyridine rings is 1. The molecule has 2 aromatic carbocycles. The van der Waals surface area contributed by atoms with Crippen LogP contribution in [0.25, 0.3) is 6.08 Å². The summed E-state index contributed by atoms with van der Waals surface area (Å²) in [5.74, 6) is -0.939. The molecule has 0 atom stereocenters. The minimum atomic E-state index is -3.68. The number of carboxylic acid groups (broad SMARTS) is 1. The largest absolute Gasteiger partial charge is 0.481 e. The van der Waals surface area contributed by atoms with Gasteiger partial charge in [0.2, 0.25) is 0 Å². The van der Waals surface area contributed by atoms with Crippen LogP contribution in [0, 0.1) is 6.92 Å². The molecular weight excluding hydrogens is 426 g/mol. The molecule has 0 bridgehead atoms. The first kappa shape index (κ1) is 23.2. The molecule has 0 aliphatic carbocycles. The molecular formula is C25H25NO5S. The van der Waals surface area contributed by atoms with E-state index in [9.17, 15) is 18.0 Å². The molecule has 0 saturated heterocycles. The van der Waals surface area contributed by atoms with Gasteiger partial charge in [-0.3, -0.25) is 9.59 Å². The highest BCUT2D eigenvalue weighted by molar-refractivity contribution is 7.94. The molecule has 0 amide bonds. The Kier molecular flexibility index (Phi) is 7.43. The van der Waals surface area contributed by atoms with Gasteiger partial charge in [0.1, 0.15) is 0 Å². The van der Waals surface area contributed by atoms with E-state index in [1.54, 1.807) is 29.0 Å². The van der Waals surface area contributed by atoms with Gasteiger partial charge in [-0.15, -0.1) is 0 Å². The van der Waals surface area contributed by atoms with Gasteiger partial charge in [0.25, 0.3) is 5.56 Å². The highest BCUT2D eigenvalue weighted by Gasteiger charge is 2.15. The molecule has 1 N–H and O–H groups in total. The quantitative estimate of drug-likeness (QED) is 0.530. The number of aliphatic carboxylic acids is 1. The summed E-state index contributed by atoms with van der Waals surface area (Å²) < 4.78 is 26.9. The third kappa shape index (κ3) is 5.82. The molecule has 0 spiro atoms. The van der Waals surface area contributed by atoms with Gasteiger partial charge >= 0.3 is 5.97 Å². The van der Waals surface area contributed by atoms with E-state index in [0.29, 0.717) is 17.7 Å². The molecule has 0 radical (unpaired) electrons. The van der Waals surface area contributed by atoms with E-state index in [4.69, 9.17) is 5.11 Å². The van der Waals surface area contributed by atoms with Gasteiger partial charge in [-0.2, -0.15) is 0 Å². The Balaban J connectivity index is 2.02. The van der Waals surface area contributed by atoms with Crippen molar-refractivity contribution >= 4 is 21.9 Å². The summed E-state index contributed by atoms with van der Waals surface area (Å²) in [7, 11) is -3.68. The van der Waals surface area contributed by atoms with Crippen LogP contribution in [-0.2, 0) is 27.6 Å². The van der Waals surface area contributed by atoms with Gasteiger partial charge in [-0.05, 0) is 54.7 Å². The van der Waals surface area contributed by atoms with Crippen molar-refractivity contribution in [2.24, 2.45) is 0 Å². The Morgan fingerprint density at radius 1 is 1.03 bits per heavy atom. The van der Waals surface area contributed by atoms with Crippen LogP contribution in [0.15, 0.2) is 82.0 Å². The third-order valence-electron chi connectivity index (χ3n) is 5.12. The summed E-state index contributed by atoms with van der Waals surface area (Å²) in [4.78, 5) is 24.4. The fourth-order valence-corrected chi connectivity index (χ4v) is 4.53. The van der Waals surface area contributed by atoms with Crippen molar-refractivity contribution in [2.45, 2.75) is 37.6 Å². The molecule has 0 fully saturated rings. The summed E-state index contributed by atoms with van der Waals surface area (Å²) in [5.41, 5.74) is 2.39. The van der Waals surface area contributed by atoms with Crippen LogP contribution in [0.1, 0.15) is 35.1 Å². The molecule has 3 rings (SSSR count). The van der Waals surface area contributed by atoms with Crippen LogP contribution in [0.2, 0.25) is 0 Å². The fourth-order valence-electron chi connectivity index (χ4n) is 3.52. The number of hydrogen-bond acceptors (Lipinski definition) is 4. The number of aromatic nitrogens is 1. The number of carboxylic acids is 1. The predicted molar refractivity (Wildman–Crippen MR) is 124 cm³/mol. The molecule has 32 heavy (non-hydrogen) atoms. The zero-order valence-corrected chi connectivity index (χ0v) is 18.6. The predicted octanol–water partition coefficient (Wildman–Crippen LogP) is 4.06. The van der Waals surface area contributed by atoms with E-state index >= 15 is 0 Å². The molecule has 6 nitrogen and oxygen atoms in total. The van der Waals surface area contributed by atoms with Gasteiger partial charge in [0, 0.05) is 23.6 Å². The summed E-state index contributed by atoms with van der Waals surface area (Å²) in [6.45, 7) is 2.19. The lowest BCUT2D eigenvalue weighted by molar-refractivity contribution is -0.137. The van der Waals surface area contributed by atoms with Crippen molar-refractivity contribution < 1.29 is 18.3 Å². The van der Waals surface area contributed by atoms with E-state index in [-0.39, 0.29) is 29.7 Å². The smallest absolute Gasteiger partial charge is 0.303 e. The lowest BCUT2D eigenvalue weighted by Crippen LogP contribution is -2.26. The van der Waals surface area contributed by atoms with Crippen molar-refractivity contribution in [2.75, 3.05) is 0 Å². The van der Waals surface area contributed by atoms with E-state index in [2.05, 4.69) is 0 Å². The highest BCUT2D eigenvalue weighted by Crippen LogP contribution is 2.19. The monoisotopic (exact) mass is 451 g/mol. The summed E-state index contributed by atoms with van der Waals surface area (Å²) in [6, 6.07) is 17.6. The Bertz CT molecular complexity index is 1280. The Morgan fingerprint density at radius 2 is 1.66 bits per heavy atom. The average Bonchev–Trinajstić information content (AvgIpc) is 2.77. The fraction of sp³-hybridized carbons (Fsp3) is 0.200. The van der Waals surface area contributed by atoms with Gasteiger partial charge < -0.3 is 9.67 Å². The maximum atomic E-state index is 13.2. The number of hydrogen-bond donors (Lipinski definition) is 1. The number of nitrogens with zero attached hydrogens (tertiary/aromatic N) is 1. The van der Waals surface area contributed by atoms with Crippen LogP contribution in [0.5, 0.6) is 0 Å². The lowest BCUT2D eigenvalue weighted by Gasteiger charge is -2.14. The van der Waals surface area contributed by atoms with E-state index in [0.717, 1.165) is 16.5 Å². The van der Waals surface area contributed by atoms with Gasteiger partial charge in [-0.25, -0.2) is 8.42 Å². The van der Waals surface area contributed by atoms with Crippen LogP contribution < -0.4 is 5.56 Å². The normalized spacial score (nSPS) is 11.7. The zero-order valence-electron chi connectivity index (χ0n) is 17.8. The standard InChI is InChI=1S/C25H25NO5S/c1-19-17-26(18-20-9-4-2-5-10-20)25(29)23(13-8-14-24(27)28)22(19)15-16-32(30,31)21-11-6-3-7-12-21/h2-7,9-12,15-17H,8,13-14,18H2,1H3,(H,27,28). The number of carbonyl (C=O) groups is 1. The maximum Gasteiger partial charge on any atom is 0.303 e. The van der Waals surface area contributed by atoms with Crippen molar-refractivity contribution in [1.29, 1.82) is 0 Å². The van der Waals surface area contributed by atoms with Gasteiger partial charge in [-0.1, -0.05) is 48.5 Å². The average molecular weight is 452 g/mol. The van der Waals surface area contributed by atoms with Crippen LogP contribution in [0.3, 0.4) is 0 Å². The highest BCUT2D eigenvalue weighted by atomic mass is 32.2. The van der Waals surface area contributed by atoms with E-state index in [1.807, 2.05) is 37.3 Å². The number of rotatable bonds is 9. The first-order valence-electron chi connectivity index (χ1n) is 10.2. The molecule has 3 aromatic rings. The maximum absolute atomic E-state index is 13.2. The number of sulfone groups is 1. The van der Waals surface area contributed by atoms with Crippen molar-refractivity contribution in [3.63, 3.8) is 0 Å². The SMILES string of the molecule is Cc1cn(Cc2ccccc2)c(=O)c(CCCC(=O)O)c1C=CS(=O)(=O)c1ccccc1. The topological polar surface area (TPSA) is 93.4 Å². The zero-order chi connectivity index (χ0) is 23.1. The number of benzene rings is 2. The van der Waals surface area contributed by atoms with Crippen molar-refractivity contribution in [3.05, 3.63) is 105 Å². The Hall–Kier alpha value is -3.45. The van der Waals surface area contributed by atoms with Crippen molar-refractivity contribution in [3.8, 4) is 0 Å². The summed E-state index contributed by atoms with van der Waals surface area (Å²) in [6.07, 6.45) is 3.61. The summed E-state index contributed by atoms with van der Waals surface area (Å²) in [5, 5.41) is 10.1. The van der Waals surface area contributed by atoms with Crippen LogP contribution in [-0.4, -0.2) is 24.1 Å². The second-order valence-corrected chi connectivity index (χ2v) is 9.36. The second kappa shape index (κ2) is 10.2. The molecule has 7 heteroatoms. The van der Waals surface area contributed by atoms with Gasteiger partial charge in [0.15, 0.2) is 9.84 Å². The van der Waals surface area contributed by atoms with Crippen LogP contribution in [0.4, 0.5) is 0 Å². The van der Waals surface area contributed by atoms with Crippen molar-refractivity contribution in [1.82, 2.24) is 4.57 Å². The first-order valence-corrected chi connectivity index (χ1v) is 11.8. The Morgan fingerprint density at radius 3 is 2.28 bits per heavy atom. The van der Waals surface area contributed by atoms with Gasteiger partial charge in [0.05, 0.1) is 11.4 Å². The molecule has 0 aliphatic heterocycles. The molecule has 1 heterocycles. The minimum Gasteiger partial charge on any atom is -0.481 e. The first-order chi connectivity index (χ1) is 15.3. The number of aryl methyl sites for hydroxylation is 1. The molecule has 166 valence electrons. The molecule has 0 unspecified atom stereocenters. The van der Waals surface area contributed by atoms with E-state index < -0.39 is 15.8 Å². The lowest BCUT2D eigenvalue weighted by atomic mass is 10.00. The second-order valence-electron chi connectivity index (χ2n) is 7.53.